The van der Waals surface area contributed by atoms with Crippen LogP contribution in [0.2, 0.25) is 0 Å². The van der Waals surface area contributed by atoms with E-state index in [-0.39, 0.29) is 0 Å². The van der Waals surface area contributed by atoms with Crippen molar-refractivity contribution in [3.63, 3.8) is 0 Å². The number of anilines is 1. The Hall–Kier alpha value is -3.15. The Morgan fingerprint density at radius 1 is 1.21 bits per heavy atom. The summed E-state index contributed by atoms with van der Waals surface area (Å²) in [6, 6.07) is 12.4. The van der Waals surface area contributed by atoms with Gasteiger partial charge < -0.3 is 14.4 Å². The summed E-state index contributed by atoms with van der Waals surface area (Å²) >= 11 is 0. The molecular weight excluding hydrogens is 302 g/mol. The first-order valence-corrected chi connectivity index (χ1v) is 7.75. The molecule has 0 radical (unpaired) electrons. The molecule has 1 N–H and O–H groups in total. The van der Waals surface area contributed by atoms with E-state index in [1.165, 1.54) is 5.56 Å². The summed E-state index contributed by atoms with van der Waals surface area (Å²) in [5.41, 5.74) is 5.66. The molecule has 120 valence electrons. The lowest BCUT2D eigenvalue weighted by Crippen LogP contribution is -2.05. The molecule has 0 aliphatic heterocycles. The lowest BCUT2D eigenvalue weighted by Gasteiger charge is -2.09. The van der Waals surface area contributed by atoms with E-state index in [1.54, 1.807) is 12.5 Å². The minimum atomic E-state index is 0.716. The molecule has 0 atom stereocenters. The van der Waals surface area contributed by atoms with Crippen LogP contribution in [0, 0.1) is 6.92 Å². The van der Waals surface area contributed by atoms with Crippen molar-refractivity contribution in [1.29, 1.82) is 0 Å². The van der Waals surface area contributed by atoms with Crippen molar-refractivity contribution in [1.82, 2.24) is 19.7 Å². The van der Waals surface area contributed by atoms with Gasteiger partial charge in [-0.1, -0.05) is 35.5 Å². The number of nitrogens with one attached hydrogen (secondary N) is 1. The largest absolute Gasteiger partial charge is 0.364 e. The minimum Gasteiger partial charge on any atom is -0.364 e. The number of fused-ring (bicyclic) bond motifs is 1. The van der Waals surface area contributed by atoms with Crippen molar-refractivity contribution in [3.05, 3.63) is 60.1 Å². The summed E-state index contributed by atoms with van der Waals surface area (Å²) < 4.78 is 7.18. The third-order valence-corrected chi connectivity index (χ3v) is 4.07. The van der Waals surface area contributed by atoms with Crippen molar-refractivity contribution < 1.29 is 4.52 Å². The summed E-state index contributed by atoms with van der Waals surface area (Å²) in [5, 5.41) is 7.10. The predicted octanol–water partition coefficient (Wildman–Crippen LogP) is 3.48. The van der Waals surface area contributed by atoms with E-state index in [0.717, 1.165) is 34.8 Å². The summed E-state index contributed by atoms with van der Waals surface area (Å²) in [6.45, 7) is 2.64. The molecule has 0 saturated heterocycles. The molecule has 3 aromatic heterocycles. The van der Waals surface area contributed by atoms with Crippen LogP contribution in [0.3, 0.4) is 0 Å². The number of nitrogens with zero attached hydrogens (tertiary/aromatic N) is 4. The molecule has 0 bridgehead atoms. The topological polar surface area (TPSA) is 68.8 Å². The van der Waals surface area contributed by atoms with Crippen LogP contribution in [0.4, 0.5) is 5.95 Å². The third kappa shape index (κ3) is 2.42. The van der Waals surface area contributed by atoms with Gasteiger partial charge in [-0.15, -0.1) is 0 Å². The Morgan fingerprint density at radius 2 is 2.04 bits per heavy atom. The second kappa shape index (κ2) is 5.81. The van der Waals surface area contributed by atoms with Crippen LogP contribution >= 0.6 is 0 Å². The summed E-state index contributed by atoms with van der Waals surface area (Å²) in [4.78, 5) is 9.08. The maximum atomic E-state index is 5.05. The van der Waals surface area contributed by atoms with Crippen LogP contribution in [0.1, 0.15) is 11.3 Å². The highest BCUT2D eigenvalue weighted by Gasteiger charge is 2.14. The van der Waals surface area contributed by atoms with Crippen molar-refractivity contribution in [3.8, 4) is 11.1 Å². The van der Waals surface area contributed by atoms with E-state index in [1.807, 2.05) is 32.2 Å². The van der Waals surface area contributed by atoms with Crippen molar-refractivity contribution in [2.24, 2.45) is 0 Å². The average molecular weight is 319 g/mol. The molecular formula is C18H17N5O. The van der Waals surface area contributed by atoms with Gasteiger partial charge >= 0.3 is 0 Å². The van der Waals surface area contributed by atoms with Gasteiger partial charge in [0.25, 0.3) is 0 Å². The highest BCUT2D eigenvalue weighted by atomic mass is 16.5. The molecule has 0 aliphatic rings. The number of benzene rings is 1. The zero-order valence-corrected chi connectivity index (χ0v) is 13.5. The number of rotatable bonds is 4. The highest BCUT2D eigenvalue weighted by Crippen LogP contribution is 2.27. The predicted molar refractivity (Wildman–Crippen MR) is 92.9 cm³/mol. The molecule has 1 aromatic carbocycles. The lowest BCUT2D eigenvalue weighted by atomic mass is 10.1. The summed E-state index contributed by atoms with van der Waals surface area (Å²) in [7, 11) is 1.87. The Kier molecular flexibility index (Phi) is 3.49. The maximum absolute atomic E-state index is 5.05. The first-order chi connectivity index (χ1) is 11.8. The van der Waals surface area contributed by atoms with E-state index in [2.05, 4.69) is 43.2 Å². The number of aromatic nitrogens is 4. The molecule has 0 aliphatic carbocycles. The zero-order valence-electron chi connectivity index (χ0n) is 13.5. The van der Waals surface area contributed by atoms with Crippen LogP contribution in [-0.4, -0.2) is 26.7 Å². The normalized spacial score (nSPS) is 11.1. The second-order valence-corrected chi connectivity index (χ2v) is 5.64. The van der Waals surface area contributed by atoms with Gasteiger partial charge in [0, 0.05) is 24.4 Å². The smallest absolute Gasteiger partial charge is 0.205 e. The van der Waals surface area contributed by atoms with Gasteiger partial charge in [0.1, 0.15) is 6.26 Å². The molecule has 3 heterocycles. The number of pyridine rings is 1. The standard InChI is InChI=1S/C18H17N5O/c1-12-15(11-24-22-12)14-8-16-17(20-9-14)21-18(19-2)23(16)10-13-6-4-3-5-7-13/h3-9,11H,10H2,1-2H3,(H,19,20,21). The molecule has 24 heavy (non-hydrogen) atoms. The van der Waals surface area contributed by atoms with Gasteiger partial charge in [0.2, 0.25) is 5.95 Å². The van der Waals surface area contributed by atoms with Crippen LogP contribution in [-0.2, 0) is 6.54 Å². The number of hydrogen-bond acceptors (Lipinski definition) is 5. The first kappa shape index (κ1) is 14.4. The van der Waals surface area contributed by atoms with Gasteiger partial charge in [-0.3, -0.25) is 0 Å². The van der Waals surface area contributed by atoms with Crippen LogP contribution < -0.4 is 5.32 Å². The Balaban J connectivity index is 1.86. The molecule has 0 amide bonds. The maximum Gasteiger partial charge on any atom is 0.205 e. The molecule has 0 saturated carbocycles. The molecule has 6 heteroatoms. The highest BCUT2D eigenvalue weighted by molar-refractivity contribution is 5.81. The number of aryl methyl sites for hydroxylation is 1. The van der Waals surface area contributed by atoms with E-state index < -0.39 is 0 Å². The number of hydrogen-bond donors (Lipinski definition) is 1. The first-order valence-electron chi connectivity index (χ1n) is 7.75. The van der Waals surface area contributed by atoms with Crippen LogP contribution in [0.15, 0.2) is 53.4 Å². The minimum absolute atomic E-state index is 0.716. The third-order valence-electron chi connectivity index (χ3n) is 4.07. The average Bonchev–Trinajstić information content (AvgIpc) is 3.19. The van der Waals surface area contributed by atoms with E-state index in [9.17, 15) is 0 Å². The Morgan fingerprint density at radius 3 is 2.75 bits per heavy atom. The molecule has 6 nitrogen and oxygen atoms in total. The molecule has 0 spiro atoms. The zero-order chi connectivity index (χ0) is 16.5. The molecule has 4 rings (SSSR count). The van der Waals surface area contributed by atoms with Crippen LogP contribution in [0.5, 0.6) is 0 Å². The van der Waals surface area contributed by atoms with E-state index in [0.29, 0.717) is 5.65 Å². The molecule has 4 aromatic rings. The summed E-state index contributed by atoms with van der Waals surface area (Å²) in [6.07, 6.45) is 3.45. The second-order valence-electron chi connectivity index (χ2n) is 5.64. The molecule has 0 unspecified atom stereocenters. The summed E-state index contributed by atoms with van der Waals surface area (Å²) in [5.74, 6) is 0.792. The fraction of sp³-hybridized carbons (Fsp3) is 0.167. The fourth-order valence-corrected chi connectivity index (χ4v) is 2.84. The quantitative estimate of drug-likeness (QED) is 0.623. The Labute approximate surface area is 139 Å². The van der Waals surface area contributed by atoms with Gasteiger partial charge in [-0.25, -0.2) is 4.98 Å². The van der Waals surface area contributed by atoms with E-state index in [4.69, 9.17) is 4.52 Å². The van der Waals surface area contributed by atoms with E-state index >= 15 is 0 Å². The van der Waals surface area contributed by atoms with Gasteiger partial charge in [-0.2, -0.15) is 4.98 Å². The fourth-order valence-electron chi connectivity index (χ4n) is 2.84. The van der Waals surface area contributed by atoms with Gasteiger partial charge in [0.15, 0.2) is 5.65 Å². The van der Waals surface area contributed by atoms with Gasteiger partial charge in [-0.05, 0) is 18.6 Å². The Bertz CT molecular complexity index is 987. The van der Waals surface area contributed by atoms with Crippen molar-refractivity contribution in [2.45, 2.75) is 13.5 Å². The van der Waals surface area contributed by atoms with Crippen LogP contribution in [0.25, 0.3) is 22.3 Å². The monoisotopic (exact) mass is 319 g/mol. The SMILES string of the molecule is CNc1nc2ncc(-c3conc3C)cc2n1Cc1ccccc1. The lowest BCUT2D eigenvalue weighted by molar-refractivity contribution is 0.415. The number of imidazole rings is 1. The van der Waals surface area contributed by atoms with Gasteiger partial charge in [0.05, 0.1) is 17.8 Å². The van der Waals surface area contributed by atoms with Crippen molar-refractivity contribution >= 4 is 17.1 Å². The van der Waals surface area contributed by atoms with Crippen molar-refractivity contribution in [2.75, 3.05) is 12.4 Å². The molecule has 0 fully saturated rings.